The average Bonchev–Trinajstić information content (AvgIpc) is 1.85. The van der Waals surface area contributed by atoms with Crippen LogP contribution in [0.1, 0.15) is 30.1 Å². The van der Waals surface area contributed by atoms with E-state index >= 15 is 0 Å². The molecule has 1 heterocycles. The van der Waals surface area contributed by atoms with Gasteiger partial charge < -0.3 is 5.11 Å². The summed E-state index contributed by atoms with van der Waals surface area (Å²) in [4.78, 5) is 8.11. The summed E-state index contributed by atoms with van der Waals surface area (Å²) in [6, 6.07) is 0. The molecule has 0 fully saturated rings. The molecule has 1 aromatic heterocycles. The zero-order chi connectivity index (χ0) is 8.43. The third-order valence-electron chi connectivity index (χ3n) is 1.59. The Kier molecular flexibility index (Phi) is 2.19. The Morgan fingerprint density at radius 2 is 2.09 bits per heavy atom. The summed E-state index contributed by atoms with van der Waals surface area (Å²) in [7, 11) is 0. The average molecular weight is 152 g/mol. The Labute approximate surface area is 66.1 Å². The fourth-order valence-electron chi connectivity index (χ4n) is 1.00. The van der Waals surface area contributed by atoms with Crippen LogP contribution in [0.25, 0.3) is 0 Å². The highest BCUT2D eigenvalue weighted by Gasteiger charge is 2.05. The van der Waals surface area contributed by atoms with Crippen molar-refractivity contribution in [3.05, 3.63) is 23.3 Å². The predicted octanol–water partition coefficient (Wildman–Crippen LogP) is 1.15. The van der Waals surface area contributed by atoms with Gasteiger partial charge in [0.15, 0.2) is 0 Å². The van der Waals surface area contributed by atoms with Gasteiger partial charge in [-0.3, -0.25) is 0 Å². The molecule has 0 bridgehead atoms. The van der Waals surface area contributed by atoms with Crippen molar-refractivity contribution in [1.82, 2.24) is 9.97 Å². The molecule has 1 atom stereocenters. The maximum Gasteiger partial charge on any atom is 0.125 e. The molecule has 0 aliphatic heterocycles. The van der Waals surface area contributed by atoms with Crippen LogP contribution in [0.5, 0.6) is 0 Å². The van der Waals surface area contributed by atoms with E-state index in [9.17, 15) is 5.11 Å². The van der Waals surface area contributed by atoms with Crippen molar-refractivity contribution >= 4 is 0 Å². The van der Waals surface area contributed by atoms with Crippen LogP contribution in [0.2, 0.25) is 0 Å². The molecule has 0 aliphatic carbocycles. The lowest BCUT2D eigenvalue weighted by Crippen LogP contribution is -2.00. The molecule has 0 aliphatic rings. The normalized spacial score (nSPS) is 13.1. The summed E-state index contributed by atoms with van der Waals surface area (Å²) in [5.41, 5.74) is 1.66. The fourth-order valence-corrected chi connectivity index (χ4v) is 1.00. The molecule has 1 rings (SSSR count). The largest absolute Gasteiger partial charge is 0.389 e. The number of aliphatic hydroxyl groups is 1. The summed E-state index contributed by atoms with van der Waals surface area (Å²) in [5, 5.41) is 9.22. The third kappa shape index (κ3) is 1.74. The first-order valence-electron chi connectivity index (χ1n) is 3.59. The van der Waals surface area contributed by atoms with Crippen LogP contribution < -0.4 is 0 Å². The Balaban J connectivity index is 3.09. The second kappa shape index (κ2) is 2.96. The number of hydrogen-bond acceptors (Lipinski definition) is 3. The smallest absolute Gasteiger partial charge is 0.125 e. The lowest BCUT2D eigenvalue weighted by Gasteiger charge is -2.06. The second-order valence-corrected chi connectivity index (χ2v) is 2.63. The van der Waals surface area contributed by atoms with Gasteiger partial charge in [-0.05, 0) is 20.8 Å². The summed E-state index contributed by atoms with van der Waals surface area (Å²) < 4.78 is 0. The molecule has 0 radical (unpaired) electrons. The van der Waals surface area contributed by atoms with Gasteiger partial charge in [0.1, 0.15) is 5.82 Å². The van der Waals surface area contributed by atoms with E-state index < -0.39 is 6.10 Å². The fraction of sp³-hybridized carbons (Fsp3) is 0.500. The van der Waals surface area contributed by atoms with E-state index in [0.717, 1.165) is 17.1 Å². The lowest BCUT2D eigenvalue weighted by atomic mass is 10.1. The molecule has 3 nitrogen and oxygen atoms in total. The van der Waals surface area contributed by atoms with E-state index in [1.165, 1.54) is 0 Å². The van der Waals surface area contributed by atoms with Gasteiger partial charge in [-0.2, -0.15) is 0 Å². The molecular formula is C8H12N2O. The molecule has 1 aromatic rings. The van der Waals surface area contributed by atoms with E-state index in [2.05, 4.69) is 9.97 Å². The van der Waals surface area contributed by atoms with Crippen LogP contribution in [0.3, 0.4) is 0 Å². The Bertz CT molecular complexity index is 258. The van der Waals surface area contributed by atoms with Gasteiger partial charge in [-0.25, -0.2) is 9.97 Å². The topological polar surface area (TPSA) is 46.0 Å². The minimum Gasteiger partial charge on any atom is -0.389 e. The van der Waals surface area contributed by atoms with Crippen molar-refractivity contribution in [3.8, 4) is 0 Å². The van der Waals surface area contributed by atoms with Crippen LogP contribution >= 0.6 is 0 Å². The third-order valence-corrected chi connectivity index (χ3v) is 1.59. The standard InChI is InChI=1S/C8H12N2O/c1-5-8(6(2)11)4-9-7(3)10-5/h4,6,11H,1-3H3/t6-/m0/s1. The molecular weight excluding hydrogens is 140 g/mol. The number of aromatic nitrogens is 2. The minimum atomic E-state index is -0.476. The van der Waals surface area contributed by atoms with Gasteiger partial charge in [-0.15, -0.1) is 0 Å². The maximum atomic E-state index is 9.22. The van der Waals surface area contributed by atoms with Crippen LogP contribution in [0.4, 0.5) is 0 Å². The van der Waals surface area contributed by atoms with E-state index in [4.69, 9.17) is 0 Å². The van der Waals surface area contributed by atoms with Crippen molar-refractivity contribution in [1.29, 1.82) is 0 Å². The van der Waals surface area contributed by atoms with Gasteiger partial charge in [0.2, 0.25) is 0 Å². The maximum absolute atomic E-state index is 9.22. The number of nitrogens with zero attached hydrogens (tertiary/aromatic N) is 2. The Hall–Kier alpha value is -0.960. The number of aliphatic hydroxyl groups excluding tert-OH is 1. The molecule has 0 saturated carbocycles. The van der Waals surface area contributed by atoms with Crippen LogP contribution in [0, 0.1) is 13.8 Å². The molecule has 0 aromatic carbocycles. The monoisotopic (exact) mass is 152 g/mol. The van der Waals surface area contributed by atoms with Gasteiger partial charge in [-0.1, -0.05) is 0 Å². The molecule has 3 heteroatoms. The van der Waals surface area contributed by atoms with Gasteiger partial charge >= 0.3 is 0 Å². The van der Waals surface area contributed by atoms with Gasteiger partial charge in [0.25, 0.3) is 0 Å². The zero-order valence-electron chi connectivity index (χ0n) is 7.00. The summed E-state index contributed by atoms with van der Waals surface area (Å²) in [6.07, 6.45) is 1.19. The Morgan fingerprint density at radius 3 is 2.55 bits per heavy atom. The highest BCUT2D eigenvalue weighted by Crippen LogP contribution is 2.13. The minimum absolute atomic E-state index is 0.476. The SMILES string of the molecule is Cc1ncc([C@H](C)O)c(C)n1. The van der Waals surface area contributed by atoms with E-state index in [1.807, 2.05) is 13.8 Å². The molecule has 11 heavy (non-hydrogen) atoms. The quantitative estimate of drug-likeness (QED) is 0.656. The van der Waals surface area contributed by atoms with Gasteiger partial charge in [0.05, 0.1) is 6.10 Å². The predicted molar refractivity (Wildman–Crippen MR) is 42.1 cm³/mol. The van der Waals surface area contributed by atoms with E-state index in [1.54, 1.807) is 13.1 Å². The number of rotatable bonds is 1. The molecule has 0 saturated heterocycles. The zero-order valence-corrected chi connectivity index (χ0v) is 7.00. The van der Waals surface area contributed by atoms with Crippen molar-refractivity contribution < 1.29 is 5.11 Å². The number of hydrogen-bond donors (Lipinski definition) is 1. The van der Waals surface area contributed by atoms with E-state index in [-0.39, 0.29) is 0 Å². The molecule has 60 valence electrons. The van der Waals surface area contributed by atoms with Gasteiger partial charge in [0, 0.05) is 17.5 Å². The number of aryl methyl sites for hydroxylation is 2. The first-order valence-corrected chi connectivity index (χ1v) is 3.59. The summed E-state index contributed by atoms with van der Waals surface area (Å²) in [6.45, 7) is 5.41. The van der Waals surface area contributed by atoms with E-state index in [0.29, 0.717) is 0 Å². The van der Waals surface area contributed by atoms with Crippen LogP contribution in [-0.4, -0.2) is 15.1 Å². The first kappa shape index (κ1) is 8.14. The molecule has 0 unspecified atom stereocenters. The van der Waals surface area contributed by atoms with Crippen molar-refractivity contribution in [2.45, 2.75) is 26.9 Å². The molecule has 0 spiro atoms. The summed E-state index contributed by atoms with van der Waals surface area (Å²) >= 11 is 0. The van der Waals surface area contributed by atoms with Crippen molar-refractivity contribution in [2.75, 3.05) is 0 Å². The summed E-state index contributed by atoms with van der Waals surface area (Å²) in [5.74, 6) is 0.743. The highest BCUT2D eigenvalue weighted by atomic mass is 16.3. The van der Waals surface area contributed by atoms with Crippen molar-refractivity contribution in [2.24, 2.45) is 0 Å². The highest BCUT2D eigenvalue weighted by molar-refractivity contribution is 5.17. The lowest BCUT2D eigenvalue weighted by molar-refractivity contribution is 0.197. The molecule has 0 amide bonds. The molecule has 1 N–H and O–H groups in total. The first-order chi connectivity index (χ1) is 5.11. The van der Waals surface area contributed by atoms with Crippen LogP contribution in [0.15, 0.2) is 6.20 Å². The Morgan fingerprint density at radius 1 is 1.45 bits per heavy atom. The van der Waals surface area contributed by atoms with Crippen LogP contribution in [-0.2, 0) is 0 Å². The second-order valence-electron chi connectivity index (χ2n) is 2.63. The van der Waals surface area contributed by atoms with Crippen molar-refractivity contribution in [3.63, 3.8) is 0 Å².